The summed E-state index contributed by atoms with van der Waals surface area (Å²) in [5.74, 6) is 2.63. The first-order valence-corrected chi connectivity index (χ1v) is 14.6. The number of likely N-dealkylation sites (N-methyl/N-ethyl adjacent to an activating group) is 1. The number of rotatable bonds is 13. The van der Waals surface area contributed by atoms with Crippen LogP contribution in [0.3, 0.4) is 0 Å². The molecule has 0 saturated heterocycles. The SMILES string of the molecule is CCC(=C(c1ccc(OCC(O)CN(CC)CC)cc1)c1ccc(OC(=O)C2CC2)cc1)c1ccc2c(c1)OCO2. The van der Waals surface area contributed by atoms with E-state index in [1.54, 1.807) is 0 Å². The lowest BCUT2D eigenvalue weighted by Gasteiger charge is -2.22. The van der Waals surface area contributed by atoms with E-state index in [1.165, 1.54) is 0 Å². The van der Waals surface area contributed by atoms with Gasteiger partial charge >= 0.3 is 5.97 Å². The number of hydrogen-bond donors (Lipinski definition) is 1. The Labute approximate surface area is 242 Å². The molecule has 216 valence electrons. The summed E-state index contributed by atoms with van der Waals surface area (Å²) in [6.45, 7) is 9.14. The Morgan fingerprint density at radius 1 is 0.878 bits per heavy atom. The molecule has 7 nitrogen and oxygen atoms in total. The van der Waals surface area contributed by atoms with E-state index in [0.29, 0.717) is 18.0 Å². The van der Waals surface area contributed by atoms with Crippen LogP contribution in [-0.2, 0) is 4.79 Å². The maximum absolute atomic E-state index is 12.2. The topological polar surface area (TPSA) is 77.5 Å². The van der Waals surface area contributed by atoms with Crippen LogP contribution in [0.5, 0.6) is 23.0 Å². The molecule has 7 heteroatoms. The van der Waals surface area contributed by atoms with Crippen molar-refractivity contribution in [1.82, 2.24) is 4.90 Å². The Hall–Kier alpha value is -3.81. The van der Waals surface area contributed by atoms with Crippen LogP contribution >= 0.6 is 0 Å². The van der Waals surface area contributed by atoms with Crippen LogP contribution in [0.2, 0.25) is 0 Å². The molecule has 41 heavy (non-hydrogen) atoms. The molecule has 5 rings (SSSR count). The fraction of sp³-hybridized carbons (Fsp3) is 0.382. The van der Waals surface area contributed by atoms with Crippen LogP contribution in [-0.4, -0.2) is 55.1 Å². The van der Waals surface area contributed by atoms with Gasteiger partial charge in [-0.25, -0.2) is 0 Å². The summed E-state index contributed by atoms with van der Waals surface area (Å²) in [7, 11) is 0. The average molecular weight is 558 g/mol. The van der Waals surface area contributed by atoms with Gasteiger partial charge in [-0.05, 0) is 96.6 Å². The zero-order valence-electron chi connectivity index (χ0n) is 24.1. The first-order valence-electron chi connectivity index (χ1n) is 14.6. The molecule has 1 N–H and O–H groups in total. The second-order valence-electron chi connectivity index (χ2n) is 10.5. The van der Waals surface area contributed by atoms with Gasteiger partial charge in [0.15, 0.2) is 11.5 Å². The van der Waals surface area contributed by atoms with Crippen molar-refractivity contribution in [2.75, 3.05) is 33.0 Å². The molecule has 1 atom stereocenters. The molecule has 0 aromatic heterocycles. The lowest BCUT2D eigenvalue weighted by atomic mass is 9.88. The molecular formula is C34H39NO6. The third-order valence-electron chi connectivity index (χ3n) is 7.60. The van der Waals surface area contributed by atoms with Gasteiger partial charge in [-0.15, -0.1) is 0 Å². The maximum Gasteiger partial charge on any atom is 0.314 e. The smallest absolute Gasteiger partial charge is 0.314 e. The van der Waals surface area contributed by atoms with E-state index in [-0.39, 0.29) is 25.3 Å². The van der Waals surface area contributed by atoms with Crippen LogP contribution < -0.4 is 18.9 Å². The van der Waals surface area contributed by atoms with Gasteiger partial charge in [0.25, 0.3) is 0 Å². The minimum Gasteiger partial charge on any atom is -0.491 e. The molecule has 1 unspecified atom stereocenters. The third kappa shape index (κ3) is 7.10. The number of aliphatic hydroxyl groups excluding tert-OH is 1. The molecule has 3 aromatic rings. The summed E-state index contributed by atoms with van der Waals surface area (Å²) in [5.41, 5.74) is 5.30. The van der Waals surface area contributed by atoms with Crippen LogP contribution in [0.25, 0.3) is 11.1 Å². The molecule has 0 spiro atoms. The number of nitrogens with zero attached hydrogens (tertiary/aromatic N) is 1. The van der Waals surface area contributed by atoms with Crippen molar-refractivity contribution in [1.29, 1.82) is 0 Å². The van der Waals surface area contributed by atoms with Gasteiger partial charge in [0, 0.05) is 6.54 Å². The molecule has 0 bridgehead atoms. The van der Waals surface area contributed by atoms with Gasteiger partial charge in [-0.2, -0.15) is 0 Å². The van der Waals surface area contributed by atoms with E-state index in [9.17, 15) is 9.90 Å². The maximum atomic E-state index is 12.2. The van der Waals surface area contributed by atoms with Gasteiger partial charge < -0.3 is 29.0 Å². The van der Waals surface area contributed by atoms with Crippen LogP contribution in [0.1, 0.15) is 56.7 Å². The first kappa shape index (κ1) is 28.7. The Morgan fingerprint density at radius 2 is 1.49 bits per heavy atom. The van der Waals surface area contributed by atoms with Crippen molar-refractivity contribution in [2.24, 2.45) is 5.92 Å². The number of fused-ring (bicyclic) bond motifs is 1. The Bertz CT molecular complexity index is 1360. The van der Waals surface area contributed by atoms with E-state index in [0.717, 1.165) is 71.7 Å². The number of carbonyl (C=O) groups is 1. The van der Waals surface area contributed by atoms with Crippen molar-refractivity contribution in [3.63, 3.8) is 0 Å². The van der Waals surface area contributed by atoms with Crippen molar-refractivity contribution in [3.05, 3.63) is 83.4 Å². The highest BCUT2D eigenvalue weighted by Gasteiger charge is 2.31. The number of hydrogen-bond acceptors (Lipinski definition) is 7. The predicted molar refractivity (Wildman–Crippen MR) is 159 cm³/mol. The van der Waals surface area contributed by atoms with Crippen molar-refractivity contribution >= 4 is 17.1 Å². The van der Waals surface area contributed by atoms with E-state index in [1.807, 2.05) is 60.7 Å². The van der Waals surface area contributed by atoms with E-state index in [2.05, 4.69) is 31.7 Å². The predicted octanol–water partition coefficient (Wildman–Crippen LogP) is 6.18. The third-order valence-corrected chi connectivity index (χ3v) is 7.60. The molecule has 1 fully saturated rings. The quantitative estimate of drug-likeness (QED) is 0.153. The number of aliphatic hydroxyl groups is 1. The minimum atomic E-state index is -0.560. The molecular weight excluding hydrogens is 518 g/mol. The monoisotopic (exact) mass is 557 g/mol. The Morgan fingerprint density at radius 3 is 2.10 bits per heavy atom. The molecule has 1 heterocycles. The lowest BCUT2D eigenvalue weighted by molar-refractivity contribution is -0.135. The Balaban J connectivity index is 1.43. The van der Waals surface area contributed by atoms with Crippen LogP contribution in [0, 0.1) is 5.92 Å². The Kier molecular flexibility index (Phi) is 9.27. The van der Waals surface area contributed by atoms with Gasteiger partial charge in [0.05, 0.1) is 5.92 Å². The number of benzene rings is 3. The van der Waals surface area contributed by atoms with Gasteiger partial charge in [0.1, 0.15) is 24.2 Å². The minimum absolute atomic E-state index is 0.0434. The van der Waals surface area contributed by atoms with Crippen molar-refractivity contribution in [2.45, 2.75) is 46.1 Å². The zero-order valence-corrected chi connectivity index (χ0v) is 24.1. The zero-order chi connectivity index (χ0) is 28.8. The molecule has 0 amide bonds. The van der Waals surface area contributed by atoms with Gasteiger partial charge in [-0.3, -0.25) is 4.79 Å². The summed E-state index contributed by atoms with van der Waals surface area (Å²) in [6.07, 6.45) is 2.04. The number of ether oxygens (including phenoxy) is 4. The fourth-order valence-electron chi connectivity index (χ4n) is 5.08. The summed E-state index contributed by atoms with van der Waals surface area (Å²) in [4.78, 5) is 14.3. The first-order chi connectivity index (χ1) is 20.0. The van der Waals surface area contributed by atoms with E-state index >= 15 is 0 Å². The fourth-order valence-corrected chi connectivity index (χ4v) is 5.08. The van der Waals surface area contributed by atoms with Gasteiger partial charge in [-0.1, -0.05) is 51.1 Å². The van der Waals surface area contributed by atoms with Crippen LogP contribution in [0.15, 0.2) is 66.7 Å². The summed E-state index contributed by atoms with van der Waals surface area (Å²) in [6, 6.07) is 21.7. The molecule has 1 aliphatic heterocycles. The number of allylic oxidation sites excluding steroid dienone is 1. The molecule has 1 saturated carbocycles. The van der Waals surface area contributed by atoms with E-state index in [4.69, 9.17) is 18.9 Å². The second-order valence-corrected chi connectivity index (χ2v) is 10.5. The number of esters is 1. The average Bonchev–Trinajstić information content (AvgIpc) is 3.76. The molecule has 1 aliphatic carbocycles. The van der Waals surface area contributed by atoms with Crippen molar-refractivity contribution < 1.29 is 28.8 Å². The van der Waals surface area contributed by atoms with E-state index < -0.39 is 6.10 Å². The largest absolute Gasteiger partial charge is 0.491 e. The summed E-state index contributed by atoms with van der Waals surface area (Å²) in [5, 5.41) is 10.4. The number of carbonyl (C=O) groups excluding carboxylic acids is 1. The highest BCUT2D eigenvalue weighted by Crippen LogP contribution is 2.40. The lowest BCUT2D eigenvalue weighted by Crippen LogP contribution is -2.35. The summed E-state index contributed by atoms with van der Waals surface area (Å²) >= 11 is 0. The highest BCUT2D eigenvalue weighted by molar-refractivity contribution is 5.99. The van der Waals surface area contributed by atoms with Gasteiger partial charge in [0.2, 0.25) is 6.79 Å². The van der Waals surface area contributed by atoms with Crippen LogP contribution in [0.4, 0.5) is 0 Å². The molecule has 3 aromatic carbocycles. The van der Waals surface area contributed by atoms with Crippen molar-refractivity contribution in [3.8, 4) is 23.0 Å². The highest BCUT2D eigenvalue weighted by atomic mass is 16.7. The second kappa shape index (κ2) is 13.2. The molecule has 2 aliphatic rings. The normalized spacial score (nSPS) is 15.4. The standard InChI is InChI=1S/C34H39NO6/c1-4-30(26-13-18-31-32(19-26)40-22-39-31)33(24-11-16-29(17-12-24)41-34(37)25-7-8-25)23-9-14-28(15-10-23)38-21-27(36)20-35(5-2)6-3/h9-19,25,27,36H,4-8,20-22H2,1-3H3. The molecule has 0 radical (unpaired) electrons. The summed E-state index contributed by atoms with van der Waals surface area (Å²) < 4.78 is 22.7.